The summed E-state index contributed by atoms with van der Waals surface area (Å²) in [5.41, 5.74) is 1.80. The van der Waals surface area contributed by atoms with E-state index >= 15 is 0 Å². The van der Waals surface area contributed by atoms with E-state index in [0.29, 0.717) is 37.2 Å². The van der Waals surface area contributed by atoms with Crippen LogP contribution in [0.15, 0.2) is 48.5 Å². The first-order valence-corrected chi connectivity index (χ1v) is 10.5. The molecule has 0 spiro atoms. The van der Waals surface area contributed by atoms with Gasteiger partial charge in [0.2, 0.25) is 5.91 Å². The predicted molar refractivity (Wildman–Crippen MR) is 117 cm³/mol. The van der Waals surface area contributed by atoms with Gasteiger partial charge < -0.3 is 15.1 Å². The summed E-state index contributed by atoms with van der Waals surface area (Å²) < 4.78 is 14.2. The van der Waals surface area contributed by atoms with Gasteiger partial charge in [0.05, 0.1) is 11.6 Å². The number of nitrogens with one attached hydrogen (secondary N) is 1. The zero-order chi connectivity index (χ0) is 21.7. The third-order valence-electron chi connectivity index (χ3n) is 5.74. The Balaban J connectivity index is 1.56. The van der Waals surface area contributed by atoms with Gasteiger partial charge in [-0.05, 0) is 43.0 Å². The van der Waals surface area contributed by atoms with Gasteiger partial charge in [-0.25, -0.2) is 4.39 Å². The molecule has 0 bridgehead atoms. The normalized spacial score (nSPS) is 15.5. The fourth-order valence-corrected chi connectivity index (χ4v) is 3.98. The minimum atomic E-state index is -0.417. The van der Waals surface area contributed by atoms with Crippen LogP contribution < -0.4 is 10.2 Å². The van der Waals surface area contributed by atoms with Crippen LogP contribution in [0.25, 0.3) is 0 Å². The minimum Gasteiger partial charge on any atom is -0.375 e. The summed E-state index contributed by atoms with van der Waals surface area (Å²) in [5.74, 6) is -0.676. The van der Waals surface area contributed by atoms with E-state index in [1.807, 2.05) is 42.2 Å². The maximum Gasteiger partial charge on any atom is 0.251 e. The van der Waals surface area contributed by atoms with Crippen LogP contribution in [0.1, 0.15) is 48.0 Å². The van der Waals surface area contributed by atoms with Gasteiger partial charge in [-0.3, -0.25) is 9.59 Å². The number of benzene rings is 2. The predicted octanol–water partition coefficient (Wildman–Crippen LogP) is 3.81. The molecule has 0 aliphatic carbocycles. The lowest BCUT2D eigenvalue weighted by molar-refractivity contribution is -0.134. The average Bonchev–Trinajstić information content (AvgIpc) is 2.75. The molecular formula is C24H30FN3O2. The van der Waals surface area contributed by atoms with Gasteiger partial charge >= 0.3 is 0 Å². The zero-order valence-corrected chi connectivity index (χ0v) is 17.9. The molecule has 0 saturated carbocycles. The van der Waals surface area contributed by atoms with Gasteiger partial charge in [0, 0.05) is 38.8 Å². The van der Waals surface area contributed by atoms with E-state index in [1.165, 1.54) is 6.07 Å². The highest BCUT2D eigenvalue weighted by atomic mass is 19.1. The molecule has 6 heteroatoms. The molecule has 1 heterocycles. The maximum absolute atomic E-state index is 14.2. The van der Waals surface area contributed by atoms with Gasteiger partial charge in [-0.2, -0.15) is 0 Å². The van der Waals surface area contributed by atoms with E-state index in [4.69, 9.17) is 0 Å². The summed E-state index contributed by atoms with van der Waals surface area (Å²) in [6.07, 6.45) is 2.15. The summed E-state index contributed by atoms with van der Waals surface area (Å²) >= 11 is 0. The zero-order valence-electron chi connectivity index (χ0n) is 17.9. The summed E-state index contributed by atoms with van der Waals surface area (Å²) in [5, 5.41) is 2.99. The van der Waals surface area contributed by atoms with Crippen molar-refractivity contribution in [2.75, 3.05) is 32.1 Å². The van der Waals surface area contributed by atoms with Crippen molar-refractivity contribution < 1.29 is 14.0 Å². The first-order valence-electron chi connectivity index (χ1n) is 10.5. The van der Waals surface area contributed by atoms with Crippen LogP contribution in [-0.2, 0) is 4.79 Å². The monoisotopic (exact) mass is 411 g/mol. The van der Waals surface area contributed by atoms with Gasteiger partial charge in [-0.15, -0.1) is 0 Å². The Morgan fingerprint density at radius 3 is 2.37 bits per heavy atom. The van der Waals surface area contributed by atoms with Gasteiger partial charge in [0.1, 0.15) is 5.82 Å². The molecule has 1 saturated heterocycles. The van der Waals surface area contributed by atoms with Crippen molar-refractivity contribution in [2.24, 2.45) is 0 Å². The Hall–Kier alpha value is -2.89. The SMILES string of the molecule is CCC(C(=O)N1CCC(NC(=O)c2ccc(N(C)C)c(F)c2)CC1)c1ccccc1. The molecule has 30 heavy (non-hydrogen) atoms. The highest BCUT2D eigenvalue weighted by molar-refractivity contribution is 5.94. The van der Waals surface area contributed by atoms with Crippen molar-refractivity contribution >= 4 is 17.5 Å². The number of piperidine rings is 1. The van der Waals surface area contributed by atoms with Crippen molar-refractivity contribution in [2.45, 2.75) is 38.1 Å². The lowest BCUT2D eigenvalue weighted by atomic mass is 9.93. The Kier molecular flexibility index (Phi) is 7.08. The molecule has 2 amide bonds. The Labute approximate surface area is 177 Å². The van der Waals surface area contributed by atoms with Crippen molar-refractivity contribution in [3.05, 3.63) is 65.5 Å². The molecule has 1 N–H and O–H groups in total. The summed E-state index contributed by atoms with van der Waals surface area (Å²) in [6, 6.07) is 14.4. The second kappa shape index (κ2) is 9.74. The van der Waals surface area contributed by atoms with E-state index in [9.17, 15) is 14.0 Å². The second-order valence-corrected chi connectivity index (χ2v) is 8.01. The molecule has 2 aromatic carbocycles. The Morgan fingerprint density at radius 2 is 1.80 bits per heavy atom. The molecular weight excluding hydrogens is 381 g/mol. The third-order valence-corrected chi connectivity index (χ3v) is 5.74. The van der Waals surface area contributed by atoms with Crippen LogP contribution in [0.5, 0.6) is 0 Å². The van der Waals surface area contributed by atoms with Crippen LogP contribution in [0.3, 0.4) is 0 Å². The number of anilines is 1. The van der Waals surface area contributed by atoms with Crippen molar-refractivity contribution in [3.8, 4) is 0 Å². The first kappa shape index (κ1) is 21.8. The fraction of sp³-hybridized carbons (Fsp3) is 0.417. The number of carbonyl (C=O) groups is 2. The molecule has 2 aromatic rings. The summed E-state index contributed by atoms with van der Waals surface area (Å²) in [4.78, 5) is 29.1. The average molecular weight is 412 g/mol. The van der Waals surface area contributed by atoms with E-state index in [-0.39, 0.29) is 23.8 Å². The number of amides is 2. The van der Waals surface area contributed by atoms with Gasteiger partial charge in [-0.1, -0.05) is 37.3 Å². The topological polar surface area (TPSA) is 52.7 Å². The van der Waals surface area contributed by atoms with Crippen LogP contribution in [0.4, 0.5) is 10.1 Å². The molecule has 3 rings (SSSR count). The Bertz CT molecular complexity index is 877. The fourth-order valence-electron chi connectivity index (χ4n) is 3.98. The van der Waals surface area contributed by atoms with E-state index in [2.05, 4.69) is 5.32 Å². The molecule has 0 radical (unpaired) electrons. The van der Waals surface area contributed by atoms with Crippen LogP contribution >= 0.6 is 0 Å². The van der Waals surface area contributed by atoms with Gasteiger partial charge in [0.25, 0.3) is 5.91 Å². The number of hydrogen-bond donors (Lipinski definition) is 1. The van der Waals surface area contributed by atoms with E-state index in [1.54, 1.807) is 31.1 Å². The molecule has 1 unspecified atom stereocenters. The molecule has 1 aliphatic rings. The minimum absolute atomic E-state index is 0.0186. The number of hydrogen-bond acceptors (Lipinski definition) is 3. The Morgan fingerprint density at radius 1 is 1.13 bits per heavy atom. The quantitative estimate of drug-likeness (QED) is 0.787. The highest BCUT2D eigenvalue weighted by Gasteiger charge is 2.29. The summed E-state index contributed by atoms with van der Waals surface area (Å²) in [6.45, 7) is 3.26. The standard InChI is InChI=1S/C24H30FN3O2/c1-4-20(17-8-6-5-7-9-17)24(30)28-14-12-19(13-15-28)26-23(29)18-10-11-22(27(2)3)21(25)16-18/h5-11,16,19-20H,4,12-15H2,1-3H3,(H,26,29). The molecule has 1 aliphatic heterocycles. The lowest BCUT2D eigenvalue weighted by Crippen LogP contribution is -2.47. The third kappa shape index (κ3) is 4.99. The maximum atomic E-state index is 14.2. The lowest BCUT2D eigenvalue weighted by Gasteiger charge is -2.34. The van der Waals surface area contributed by atoms with E-state index in [0.717, 1.165) is 12.0 Å². The van der Waals surface area contributed by atoms with Gasteiger partial charge in [0.15, 0.2) is 0 Å². The molecule has 160 valence electrons. The number of nitrogens with zero attached hydrogens (tertiary/aromatic N) is 2. The number of rotatable bonds is 6. The highest BCUT2D eigenvalue weighted by Crippen LogP contribution is 2.24. The second-order valence-electron chi connectivity index (χ2n) is 8.01. The first-order chi connectivity index (χ1) is 14.4. The smallest absolute Gasteiger partial charge is 0.251 e. The molecule has 1 atom stereocenters. The van der Waals surface area contributed by atoms with Crippen LogP contribution in [0, 0.1) is 5.82 Å². The van der Waals surface area contributed by atoms with Crippen LogP contribution in [0.2, 0.25) is 0 Å². The number of likely N-dealkylation sites (tertiary alicyclic amines) is 1. The van der Waals surface area contributed by atoms with Crippen LogP contribution in [-0.4, -0.2) is 49.9 Å². The summed E-state index contributed by atoms with van der Waals surface area (Å²) in [7, 11) is 3.52. The van der Waals surface area contributed by atoms with E-state index < -0.39 is 5.82 Å². The molecule has 0 aromatic heterocycles. The molecule has 1 fully saturated rings. The number of halogens is 1. The van der Waals surface area contributed by atoms with Crippen molar-refractivity contribution in [1.29, 1.82) is 0 Å². The van der Waals surface area contributed by atoms with Crippen molar-refractivity contribution in [1.82, 2.24) is 10.2 Å². The van der Waals surface area contributed by atoms with Crippen molar-refractivity contribution in [3.63, 3.8) is 0 Å². The largest absolute Gasteiger partial charge is 0.375 e. The molecule has 5 nitrogen and oxygen atoms in total. The number of carbonyl (C=O) groups excluding carboxylic acids is 2.